The maximum Gasteiger partial charge on any atom is 0.336 e. The van der Waals surface area contributed by atoms with E-state index in [0.29, 0.717) is 11.3 Å². The number of benzene rings is 3. The first-order chi connectivity index (χ1) is 14.5. The van der Waals surface area contributed by atoms with Crippen LogP contribution in [0, 0.1) is 17.8 Å². The van der Waals surface area contributed by atoms with E-state index in [-0.39, 0.29) is 5.41 Å². The molecular formula is C27H26O3. The number of carboxylic acid groups (broad SMARTS) is 1. The molecule has 3 aromatic carbocycles. The largest absolute Gasteiger partial charge is 0.508 e. The summed E-state index contributed by atoms with van der Waals surface area (Å²) in [5, 5.41) is 22.7. The average Bonchev–Trinajstić information content (AvgIpc) is 2.72. The van der Waals surface area contributed by atoms with Crippen molar-refractivity contribution >= 4 is 16.7 Å². The van der Waals surface area contributed by atoms with E-state index in [9.17, 15) is 15.0 Å². The summed E-state index contributed by atoms with van der Waals surface area (Å²) in [7, 11) is 0. The highest BCUT2D eigenvalue weighted by molar-refractivity contribution is 5.98. The first-order valence-corrected chi connectivity index (χ1v) is 11.1. The zero-order valence-corrected chi connectivity index (χ0v) is 17.0. The second-order valence-electron chi connectivity index (χ2n) is 9.98. The van der Waals surface area contributed by atoms with Crippen LogP contribution in [-0.4, -0.2) is 16.2 Å². The molecule has 3 nitrogen and oxygen atoms in total. The first kappa shape index (κ1) is 18.0. The Bertz CT molecular complexity index is 1140. The summed E-state index contributed by atoms with van der Waals surface area (Å²) in [6, 6.07) is 17.3. The molecule has 4 bridgehead atoms. The van der Waals surface area contributed by atoms with E-state index < -0.39 is 5.97 Å². The Labute approximate surface area is 176 Å². The lowest BCUT2D eigenvalue weighted by atomic mass is 9.48. The molecule has 4 fully saturated rings. The molecule has 0 amide bonds. The van der Waals surface area contributed by atoms with E-state index >= 15 is 0 Å². The van der Waals surface area contributed by atoms with Crippen molar-refractivity contribution in [2.75, 3.05) is 0 Å². The molecule has 4 aliphatic rings. The van der Waals surface area contributed by atoms with Gasteiger partial charge in [0.25, 0.3) is 0 Å². The van der Waals surface area contributed by atoms with Crippen LogP contribution >= 0.6 is 0 Å². The predicted octanol–water partition coefficient (Wildman–Crippen LogP) is 6.38. The average molecular weight is 399 g/mol. The van der Waals surface area contributed by atoms with Crippen molar-refractivity contribution in [1.29, 1.82) is 0 Å². The number of fused-ring (bicyclic) bond motifs is 1. The zero-order valence-electron chi connectivity index (χ0n) is 17.0. The zero-order chi connectivity index (χ0) is 20.5. The van der Waals surface area contributed by atoms with E-state index in [0.717, 1.165) is 45.2 Å². The lowest BCUT2D eigenvalue weighted by Gasteiger charge is -2.57. The van der Waals surface area contributed by atoms with Gasteiger partial charge in [0.15, 0.2) is 0 Å². The number of phenols is 1. The second kappa shape index (κ2) is 6.34. The molecule has 152 valence electrons. The summed E-state index contributed by atoms with van der Waals surface area (Å²) >= 11 is 0. The molecule has 0 radical (unpaired) electrons. The van der Waals surface area contributed by atoms with Crippen molar-refractivity contribution in [3.63, 3.8) is 0 Å². The van der Waals surface area contributed by atoms with Crippen LogP contribution in [0.5, 0.6) is 5.75 Å². The van der Waals surface area contributed by atoms with Gasteiger partial charge in [0.2, 0.25) is 0 Å². The Balaban J connectivity index is 1.48. The molecule has 2 N–H and O–H groups in total. The van der Waals surface area contributed by atoms with Crippen LogP contribution in [0.2, 0.25) is 0 Å². The Hall–Kier alpha value is -2.81. The number of hydrogen-bond acceptors (Lipinski definition) is 2. The predicted molar refractivity (Wildman–Crippen MR) is 118 cm³/mol. The number of aromatic hydroxyl groups is 1. The quantitative estimate of drug-likeness (QED) is 0.538. The fourth-order valence-corrected chi connectivity index (χ4v) is 7.24. The molecule has 3 aromatic rings. The van der Waals surface area contributed by atoms with E-state index in [2.05, 4.69) is 12.1 Å². The summed E-state index contributed by atoms with van der Waals surface area (Å²) in [4.78, 5) is 11.7. The van der Waals surface area contributed by atoms with Crippen molar-refractivity contribution in [2.24, 2.45) is 17.8 Å². The summed E-state index contributed by atoms with van der Waals surface area (Å²) in [5.41, 5.74) is 3.20. The number of carbonyl (C=O) groups is 1. The van der Waals surface area contributed by atoms with Crippen molar-refractivity contribution in [2.45, 2.75) is 43.9 Å². The van der Waals surface area contributed by atoms with Crippen LogP contribution in [0.1, 0.15) is 54.4 Å². The normalized spacial score (nSPS) is 29.4. The highest BCUT2D eigenvalue weighted by Crippen LogP contribution is 2.62. The number of hydrogen-bond donors (Lipinski definition) is 2. The first-order valence-electron chi connectivity index (χ1n) is 11.1. The van der Waals surface area contributed by atoms with E-state index in [4.69, 9.17) is 0 Å². The van der Waals surface area contributed by atoms with Crippen LogP contribution in [0.4, 0.5) is 0 Å². The van der Waals surface area contributed by atoms with Gasteiger partial charge in [-0.25, -0.2) is 4.79 Å². The van der Waals surface area contributed by atoms with Gasteiger partial charge in [0.1, 0.15) is 5.75 Å². The number of aromatic carboxylic acids is 1. The van der Waals surface area contributed by atoms with Gasteiger partial charge in [-0.15, -0.1) is 0 Å². The topological polar surface area (TPSA) is 57.5 Å². The molecule has 0 aliphatic heterocycles. The summed E-state index contributed by atoms with van der Waals surface area (Å²) in [6.45, 7) is 0. The molecular weight excluding hydrogens is 372 g/mol. The Morgan fingerprint density at radius 3 is 2.17 bits per heavy atom. The van der Waals surface area contributed by atoms with Crippen LogP contribution in [-0.2, 0) is 5.41 Å². The monoisotopic (exact) mass is 398 g/mol. The molecule has 0 heterocycles. The molecule has 4 aliphatic carbocycles. The minimum atomic E-state index is -0.911. The number of carboxylic acids is 1. The molecule has 0 saturated heterocycles. The van der Waals surface area contributed by atoms with Crippen molar-refractivity contribution in [3.8, 4) is 16.9 Å². The minimum Gasteiger partial charge on any atom is -0.508 e. The lowest BCUT2D eigenvalue weighted by Crippen LogP contribution is -2.48. The molecule has 0 atom stereocenters. The van der Waals surface area contributed by atoms with Gasteiger partial charge in [0.05, 0.1) is 5.56 Å². The molecule has 3 heteroatoms. The Morgan fingerprint density at radius 1 is 0.833 bits per heavy atom. The molecule has 0 aromatic heterocycles. The summed E-state index contributed by atoms with van der Waals surface area (Å²) < 4.78 is 0. The van der Waals surface area contributed by atoms with Crippen LogP contribution in [0.25, 0.3) is 21.9 Å². The minimum absolute atomic E-state index is 0.127. The standard InChI is InChI=1S/C27H26O3/c28-25-12-19-5-6-20(22-3-1-2-4-23(22)26(29)30)10-21(19)11-24(25)27-13-16-7-17(14-27)9-18(8-16)15-27/h1-6,10-12,16-18,28H,7-9,13-15H2,(H,29,30). The Morgan fingerprint density at radius 2 is 1.50 bits per heavy atom. The van der Waals surface area contributed by atoms with Gasteiger partial charge >= 0.3 is 5.97 Å². The fraction of sp³-hybridized carbons (Fsp3) is 0.370. The smallest absolute Gasteiger partial charge is 0.336 e. The maximum absolute atomic E-state index is 11.7. The van der Waals surface area contributed by atoms with Crippen molar-refractivity contribution in [3.05, 3.63) is 65.7 Å². The van der Waals surface area contributed by atoms with Gasteiger partial charge in [-0.05, 0) is 108 Å². The maximum atomic E-state index is 11.7. The fourth-order valence-electron chi connectivity index (χ4n) is 7.24. The molecule has 7 rings (SSSR count). The SMILES string of the molecule is O=C(O)c1ccccc1-c1ccc2cc(O)c(C34CC5CC(CC(C5)C3)C4)cc2c1. The Kier molecular flexibility index (Phi) is 3.80. The highest BCUT2D eigenvalue weighted by atomic mass is 16.4. The number of phenolic OH excluding ortho intramolecular Hbond substituents is 1. The van der Waals surface area contributed by atoms with Crippen LogP contribution in [0.15, 0.2) is 54.6 Å². The summed E-state index contributed by atoms with van der Waals surface area (Å²) in [5.74, 6) is 1.98. The van der Waals surface area contributed by atoms with E-state index in [1.807, 2.05) is 30.3 Å². The van der Waals surface area contributed by atoms with E-state index in [1.54, 1.807) is 12.1 Å². The van der Waals surface area contributed by atoms with Crippen molar-refractivity contribution < 1.29 is 15.0 Å². The highest BCUT2D eigenvalue weighted by Gasteiger charge is 2.52. The summed E-state index contributed by atoms with van der Waals surface area (Å²) in [6.07, 6.45) is 7.76. The second-order valence-corrected chi connectivity index (χ2v) is 9.98. The molecule has 30 heavy (non-hydrogen) atoms. The lowest BCUT2D eigenvalue weighted by molar-refractivity contribution is -0.00606. The van der Waals surface area contributed by atoms with Gasteiger partial charge < -0.3 is 10.2 Å². The van der Waals surface area contributed by atoms with Crippen LogP contribution < -0.4 is 0 Å². The third-order valence-corrected chi connectivity index (χ3v) is 8.03. The van der Waals surface area contributed by atoms with Gasteiger partial charge in [-0.2, -0.15) is 0 Å². The van der Waals surface area contributed by atoms with Crippen LogP contribution in [0.3, 0.4) is 0 Å². The third-order valence-electron chi connectivity index (χ3n) is 8.03. The molecule has 0 spiro atoms. The molecule has 0 unspecified atom stereocenters. The van der Waals surface area contributed by atoms with Gasteiger partial charge in [0, 0.05) is 5.56 Å². The number of rotatable bonds is 3. The molecule has 4 saturated carbocycles. The van der Waals surface area contributed by atoms with Gasteiger partial charge in [-0.1, -0.05) is 30.3 Å². The van der Waals surface area contributed by atoms with Gasteiger partial charge in [-0.3, -0.25) is 0 Å². The van der Waals surface area contributed by atoms with E-state index in [1.165, 1.54) is 38.5 Å². The van der Waals surface area contributed by atoms with Crippen molar-refractivity contribution in [1.82, 2.24) is 0 Å². The third kappa shape index (κ3) is 2.68.